The van der Waals surface area contributed by atoms with Gasteiger partial charge in [0.1, 0.15) is 15.8 Å². The zero-order valence-corrected chi connectivity index (χ0v) is 16.8. The van der Waals surface area contributed by atoms with Gasteiger partial charge in [-0.25, -0.2) is 8.42 Å². The molecule has 1 aromatic heterocycles. The number of aryl methyl sites for hydroxylation is 2. The van der Waals surface area contributed by atoms with Gasteiger partial charge in [-0.3, -0.25) is 8.99 Å². The number of hydrogen-bond acceptors (Lipinski definition) is 4. The molecule has 1 heterocycles. The minimum atomic E-state index is -3.94. The van der Waals surface area contributed by atoms with Crippen molar-refractivity contribution < 1.29 is 13.2 Å². The van der Waals surface area contributed by atoms with Gasteiger partial charge >= 0.3 is 0 Å². The van der Waals surface area contributed by atoms with Crippen LogP contribution in [0.3, 0.4) is 0 Å². The number of anilines is 1. The van der Waals surface area contributed by atoms with Crippen molar-refractivity contribution in [2.45, 2.75) is 18.4 Å². The summed E-state index contributed by atoms with van der Waals surface area (Å²) in [6.45, 7) is 1.80. The molecule has 3 aromatic rings. The summed E-state index contributed by atoms with van der Waals surface area (Å²) >= 11 is 6.26. The van der Waals surface area contributed by atoms with Crippen molar-refractivity contribution in [3.8, 4) is 5.75 Å². The number of methoxy groups -OCH3 is 1. The quantitative estimate of drug-likeness (QED) is 0.626. The monoisotopic (exact) mass is 405 g/mol. The number of nitrogens with zero attached hydrogens (tertiary/aromatic N) is 3. The Labute approximate surface area is 164 Å². The van der Waals surface area contributed by atoms with Crippen LogP contribution in [-0.4, -0.2) is 25.3 Å². The number of rotatable bonds is 6. The average Bonchev–Trinajstić information content (AvgIpc) is 2.93. The van der Waals surface area contributed by atoms with Crippen LogP contribution in [0.2, 0.25) is 5.15 Å². The summed E-state index contributed by atoms with van der Waals surface area (Å²) in [4.78, 5) is 0.0124. The van der Waals surface area contributed by atoms with E-state index in [0.717, 1.165) is 5.56 Å². The van der Waals surface area contributed by atoms with Crippen molar-refractivity contribution in [2.24, 2.45) is 7.05 Å². The molecule has 27 heavy (non-hydrogen) atoms. The Balaban J connectivity index is 2.13. The van der Waals surface area contributed by atoms with E-state index < -0.39 is 10.0 Å². The number of halogens is 1. The lowest BCUT2D eigenvalue weighted by Gasteiger charge is -2.25. The molecule has 0 unspecified atom stereocenters. The average molecular weight is 406 g/mol. The Kier molecular flexibility index (Phi) is 5.43. The first-order valence-electron chi connectivity index (χ1n) is 8.24. The zero-order valence-electron chi connectivity index (χ0n) is 15.3. The number of benzene rings is 2. The maximum absolute atomic E-state index is 13.5. The van der Waals surface area contributed by atoms with Crippen LogP contribution < -0.4 is 9.04 Å². The lowest BCUT2D eigenvalue weighted by atomic mass is 10.2. The molecule has 3 rings (SSSR count). The maximum Gasteiger partial charge on any atom is 0.269 e. The molecule has 142 valence electrons. The Bertz CT molecular complexity index is 1030. The third-order valence-corrected chi connectivity index (χ3v) is 6.65. The van der Waals surface area contributed by atoms with E-state index in [4.69, 9.17) is 16.3 Å². The Hall–Kier alpha value is -2.51. The topological polar surface area (TPSA) is 64.4 Å². The summed E-state index contributed by atoms with van der Waals surface area (Å²) in [7, 11) is -0.759. The second-order valence-corrected chi connectivity index (χ2v) is 8.18. The lowest BCUT2D eigenvalue weighted by Crippen LogP contribution is -2.31. The first kappa shape index (κ1) is 19.3. The molecular formula is C19H20ClN3O3S. The molecule has 0 spiro atoms. The van der Waals surface area contributed by atoms with E-state index in [0.29, 0.717) is 17.1 Å². The van der Waals surface area contributed by atoms with Crippen molar-refractivity contribution >= 4 is 27.3 Å². The van der Waals surface area contributed by atoms with Crippen LogP contribution in [0.25, 0.3) is 0 Å². The highest BCUT2D eigenvalue weighted by molar-refractivity contribution is 7.93. The minimum Gasteiger partial charge on any atom is -0.497 e. The summed E-state index contributed by atoms with van der Waals surface area (Å²) in [5, 5.41) is 4.23. The van der Waals surface area contributed by atoms with Crippen molar-refractivity contribution in [3.63, 3.8) is 0 Å². The van der Waals surface area contributed by atoms with Crippen LogP contribution in [0.5, 0.6) is 5.75 Å². The zero-order chi connectivity index (χ0) is 19.6. The molecule has 0 aliphatic rings. The number of ether oxygens (including phenoxy) is 1. The first-order chi connectivity index (χ1) is 12.8. The predicted octanol–water partition coefficient (Wildman–Crippen LogP) is 3.79. The van der Waals surface area contributed by atoms with E-state index in [2.05, 4.69) is 5.10 Å². The third kappa shape index (κ3) is 3.79. The van der Waals surface area contributed by atoms with Crippen molar-refractivity contribution in [1.29, 1.82) is 0 Å². The Morgan fingerprint density at radius 2 is 1.74 bits per heavy atom. The number of sulfonamides is 1. The van der Waals surface area contributed by atoms with Gasteiger partial charge in [0.25, 0.3) is 10.0 Å². The van der Waals surface area contributed by atoms with Crippen LogP contribution in [-0.2, 0) is 23.6 Å². The largest absolute Gasteiger partial charge is 0.497 e. The second kappa shape index (κ2) is 7.62. The minimum absolute atomic E-state index is 0.0124. The smallest absolute Gasteiger partial charge is 0.269 e. The standard InChI is InChI=1S/C19H20ClN3O3S/c1-14-18(19(20)22(2)21-14)27(24,25)23(13-15-7-5-4-6-8-15)16-9-11-17(26-3)12-10-16/h4-12H,13H2,1-3H3. The SMILES string of the molecule is COc1ccc(N(Cc2ccccc2)S(=O)(=O)c2c(C)nn(C)c2Cl)cc1. The van der Waals surface area contributed by atoms with Gasteiger partial charge in [-0.15, -0.1) is 0 Å². The van der Waals surface area contributed by atoms with Gasteiger partial charge in [-0.05, 0) is 36.8 Å². The normalized spacial score (nSPS) is 11.4. The summed E-state index contributed by atoms with van der Waals surface area (Å²) < 4.78 is 34.9. The molecule has 0 N–H and O–H groups in total. The van der Waals surface area contributed by atoms with Crippen LogP contribution in [0.15, 0.2) is 59.5 Å². The van der Waals surface area contributed by atoms with E-state index in [1.807, 2.05) is 30.3 Å². The fourth-order valence-corrected chi connectivity index (χ4v) is 4.99. The van der Waals surface area contributed by atoms with Crippen LogP contribution in [0.4, 0.5) is 5.69 Å². The van der Waals surface area contributed by atoms with Gasteiger partial charge in [0.05, 0.1) is 25.0 Å². The maximum atomic E-state index is 13.5. The van der Waals surface area contributed by atoms with Crippen molar-refractivity contribution in [3.05, 3.63) is 71.0 Å². The van der Waals surface area contributed by atoms with Gasteiger partial charge < -0.3 is 4.74 Å². The Morgan fingerprint density at radius 1 is 1.11 bits per heavy atom. The molecule has 0 aliphatic heterocycles. The van der Waals surface area contributed by atoms with Gasteiger partial charge in [-0.1, -0.05) is 41.9 Å². The van der Waals surface area contributed by atoms with Crippen LogP contribution in [0.1, 0.15) is 11.3 Å². The molecule has 0 saturated heterocycles. The highest BCUT2D eigenvalue weighted by Crippen LogP contribution is 2.32. The molecular weight excluding hydrogens is 386 g/mol. The summed E-state index contributed by atoms with van der Waals surface area (Å²) in [5.74, 6) is 0.645. The van der Waals surface area contributed by atoms with Crippen LogP contribution in [0, 0.1) is 6.92 Å². The molecule has 0 aliphatic carbocycles. The van der Waals surface area contributed by atoms with Crippen molar-refractivity contribution in [1.82, 2.24) is 9.78 Å². The molecule has 2 aromatic carbocycles. The molecule has 0 fully saturated rings. The first-order valence-corrected chi connectivity index (χ1v) is 10.1. The fourth-order valence-electron chi connectivity index (χ4n) is 2.83. The number of aromatic nitrogens is 2. The van der Waals surface area contributed by atoms with Gasteiger partial charge in [0.15, 0.2) is 0 Å². The van der Waals surface area contributed by atoms with E-state index >= 15 is 0 Å². The van der Waals surface area contributed by atoms with Gasteiger partial charge in [0, 0.05) is 7.05 Å². The second-order valence-electron chi connectivity index (χ2n) is 6.02. The molecule has 6 nitrogen and oxygen atoms in total. The number of hydrogen-bond donors (Lipinski definition) is 0. The highest BCUT2D eigenvalue weighted by Gasteiger charge is 2.32. The summed E-state index contributed by atoms with van der Waals surface area (Å²) in [6, 6.07) is 16.2. The third-order valence-electron chi connectivity index (χ3n) is 4.18. The molecule has 0 atom stereocenters. The van der Waals surface area contributed by atoms with Gasteiger partial charge in [-0.2, -0.15) is 5.10 Å². The fraction of sp³-hybridized carbons (Fsp3) is 0.211. The lowest BCUT2D eigenvalue weighted by molar-refractivity contribution is 0.415. The summed E-state index contributed by atoms with van der Waals surface area (Å²) in [5.41, 5.74) is 1.72. The molecule has 8 heteroatoms. The predicted molar refractivity (Wildman–Crippen MR) is 106 cm³/mol. The van der Waals surface area contributed by atoms with E-state index in [1.165, 1.54) is 8.99 Å². The van der Waals surface area contributed by atoms with E-state index in [1.54, 1.807) is 45.3 Å². The summed E-state index contributed by atoms with van der Waals surface area (Å²) in [6.07, 6.45) is 0. The van der Waals surface area contributed by atoms with E-state index in [-0.39, 0.29) is 16.6 Å². The molecule has 0 radical (unpaired) electrons. The molecule has 0 bridgehead atoms. The van der Waals surface area contributed by atoms with Crippen LogP contribution >= 0.6 is 11.6 Å². The van der Waals surface area contributed by atoms with Gasteiger partial charge in [0.2, 0.25) is 0 Å². The van der Waals surface area contributed by atoms with E-state index in [9.17, 15) is 8.42 Å². The highest BCUT2D eigenvalue weighted by atomic mass is 35.5. The Morgan fingerprint density at radius 3 is 2.26 bits per heavy atom. The molecule has 0 amide bonds. The molecule has 0 saturated carbocycles. The van der Waals surface area contributed by atoms with Crippen molar-refractivity contribution in [2.75, 3.05) is 11.4 Å².